The maximum absolute atomic E-state index is 4.06. The summed E-state index contributed by atoms with van der Waals surface area (Å²) in [4.78, 5) is 11.9. The van der Waals surface area contributed by atoms with Crippen LogP contribution in [-0.4, -0.2) is 16.2 Å². The van der Waals surface area contributed by atoms with Crippen molar-refractivity contribution in [2.45, 2.75) is 6.92 Å². The molecule has 0 aliphatic heterocycles. The second-order valence-electron chi connectivity index (χ2n) is 1.88. The molecule has 1 heterocycles. The molecular formula is C8H9N3. The minimum absolute atomic E-state index is 0.755. The molecule has 0 aliphatic carbocycles. The van der Waals surface area contributed by atoms with E-state index in [1.54, 1.807) is 18.5 Å². The molecule has 1 aromatic rings. The van der Waals surface area contributed by atoms with Gasteiger partial charge in [0.15, 0.2) is 0 Å². The molecule has 0 radical (unpaired) electrons. The van der Waals surface area contributed by atoms with E-state index in [0.717, 1.165) is 11.4 Å². The molecule has 3 heteroatoms. The van der Waals surface area contributed by atoms with E-state index in [9.17, 15) is 0 Å². The van der Waals surface area contributed by atoms with Crippen LogP contribution in [0.3, 0.4) is 0 Å². The van der Waals surface area contributed by atoms with Gasteiger partial charge in [-0.05, 0) is 13.0 Å². The Balaban J connectivity index is 3.11. The quantitative estimate of drug-likeness (QED) is 0.598. The first-order chi connectivity index (χ1) is 5.38. The van der Waals surface area contributed by atoms with Gasteiger partial charge in [0, 0.05) is 6.21 Å². The monoisotopic (exact) mass is 147 g/mol. The molecule has 0 aromatic carbocycles. The second-order valence-corrected chi connectivity index (χ2v) is 1.88. The Morgan fingerprint density at radius 1 is 1.64 bits per heavy atom. The topological polar surface area (TPSA) is 38.1 Å². The fourth-order valence-corrected chi connectivity index (χ4v) is 0.728. The van der Waals surface area contributed by atoms with Crippen LogP contribution < -0.4 is 0 Å². The molecule has 0 saturated carbocycles. The summed E-state index contributed by atoms with van der Waals surface area (Å²) < 4.78 is 0. The van der Waals surface area contributed by atoms with E-state index < -0.39 is 0 Å². The lowest BCUT2D eigenvalue weighted by atomic mass is 10.3. The van der Waals surface area contributed by atoms with Crippen molar-refractivity contribution in [2.75, 3.05) is 0 Å². The molecule has 56 valence electrons. The summed E-state index contributed by atoms with van der Waals surface area (Å²) in [5, 5.41) is 0. The number of nitrogens with zero attached hydrogens (tertiary/aromatic N) is 3. The van der Waals surface area contributed by atoms with Crippen molar-refractivity contribution in [1.82, 2.24) is 9.97 Å². The van der Waals surface area contributed by atoms with Crippen molar-refractivity contribution in [3.63, 3.8) is 0 Å². The molecule has 0 bridgehead atoms. The highest BCUT2D eigenvalue weighted by Gasteiger charge is 1.94. The van der Waals surface area contributed by atoms with Crippen LogP contribution in [0.1, 0.15) is 12.6 Å². The lowest BCUT2D eigenvalue weighted by Crippen LogP contribution is -1.82. The summed E-state index contributed by atoms with van der Waals surface area (Å²) in [7, 11) is 0. The van der Waals surface area contributed by atoms with Crippen LogP contribution in [0.15, 0.2) is 24.1 Å². The Labute approximate surface area is 65.5 Å². The Bertz CT molecular complexity index is 278. The van der Waals surface area contributed by atoms with Crippen LogP contribution in [0.25, 0.3) is 6.08 Å². The number of hydrogen-bond donors (Lipinski definition) is 0. The first-order valence-electron chi connectivity index (χ1n) is 3.29. The van der Waals surface area contributed by atoms with Gasteiger partial charge in [0.1, 0.15) is 12.0 Å². The van der Waals surface area contributed by atoms with Gasteiger partial charge in [0.05, 0.1) is 11.9 Å². The zero-order chi connectivity index (χ0) is 8.10. The molecule has 0 unspecified atom stereocenters. The predicted octanol–water partition coefficient (Wildman–Crippen LogP) is 1.84. The van der Waals surface area contributed by atoms with Gasteiger partial charge in [-0.1, -0.05) is 6.58 Å². The van der Waals surface area contributed by atoms with Crippen molar-refractivity contribution in [3.05, 3.63) is 24.8 Å². The number of hydrogen-bond acceptors (Lipinski definition) is 3. The largest absolute Gasteiger partial charge is 0.258 e. The van der Waals surface area contributed by atoms with E-state index in [1.807, 2.05) is 6.92 Å². The van der Waals surface area contributed by atoms with Gasteiger partial charge in [0.2, 0.25) is 0 Å². The van der Waals surface area contributed by atoms with Crippen LogP contribution in [0.4, 0.5) is 5.69 Å². The third-order valence-electron chi connectivity index (χ3n) is 1.18. The highest BCUT2D eigenvalue weighted by molar-refractivity contribution is 5.65. The second kappa shape index (κ2) is 3.61. The molecule has 0 aliphatic rings. The molecule has 0 atom stereocenters. The Morgan fingerprint density at radius 2 is 2.45 bits per heavy atom. The molecule has 0 spiro atoms. The molecule has 1 rings (SSSR count). The Morgan fingerprint density at radius 3 is 3.09 bits per heavy atom. The van der Waals surface area contributed by atoms with Crippen molar-refractivity contribution in [3.8, 4) is 0 Å². The van der Waals surface area contributed by atoms with Gasteiger partial charge >= 0.3 is 0 Å². The van der Waals surface area contributed by atoms with Crippen molar-refractivity contribution in [1.29, 1.82) is 0 Å². The smallest absolute Gasteiger partial charge is 0.116 e. The molecule has 1 aromatic heterocycles. The maximum Gasteiger partial charge on any atom is 0.116 e. The van der Waals surface area contributed by atoms with E-state index in [0.29, 0.717) is 0 Å². The van der Waals surface area contributed by atoms with Gasteiger partial charge in [-0.25, -0.2) is 9.97 Å². The highest BCUT2D eigenvalue weighted by atomic mass is 14.9. The summed E-state index contributed by atoms with van der Waals surface area (Å²) in [5.41, 5.74) is 1.52. The zero-order valence-corrected chi connectivity index (χ0v) is 6.36. The fourth-order valence-electron chi connectivity index (χ4n) is 0.728. The normalized spacial score (nSPS) is 10.3. The summed E-state index contributed by atoms with van der Waals surface area (Å²) in [6.07, 6.45) is 6.49. The van der Waals surface area contributed by atoms with E-state index in [1.165, 1.54) is 6.33 Å². The van der Waals surface area contributed by atoms with E-state index in [4.69, 9.17) is 0 Å². The van der Waals surface area contributed by atoms with Gasteiger partial charge < -0.3 is 0 Å². The van der Waals surface area contributed by atoms with Crippen LogP contribution in [0.5, 0.6) is 0 Å². The standard InChI is InChI=1S/C8H9N3/c1-3-7-8(10-4-2)5-9-6-11-7/h3-6H,1H2,2H3. The molecule has 0 amide bonds. The van der Waals surface area contributed by atoms with Gasteiger partial charge in [-0.3, -0.25) is 4.99 Å². The third kappa shape index (κ3) is 1.70. The minimum atomic E-state index is 0.755. The molecular weight excluding hydrogens is 138 g/mol. The first kappa shape index (κ1) is 7.60. The van der Waals surface area contributed by atoms with Crippen LogP contribution in [0.2, 0.25) is 0 Å². The molecule has 0 saturated heterocycles. The van der Waals surface area contributed by atoms with Crippen molar-refractivity contribution in [2.24, 2.45) is 4.99 Å². The average molecular weight is 147 g/mol. The van der Waals surface area contributed by atoms with Crippen LogP contribution in [-0.2, 0) is 0 Å². The highest BCUT2D eigenvalue weighted by Crippen LogP contribution is 2.14. The minimum Gasteiger partial charge on any atom is -0.258 e. The third-order valence-corrected chi connectivity index (χ3v) is 1.18. The molecule has 0 N–H and O–H groups in total. The Kier molecular flexibility index (Phi) is 2.49. The molecule has 0 fully saturated rings. The SMILES string of the molecule is C=Cc1ncncc1N=CC. The lowest BCUT2D eigenvalue weighted by molar-refractivity contribution is 1.14. The number of rotatable bonds is 2. The molecule has 3 nitrogen and oxygen atoms in total. The number of aromatic nitrogens is 2. The predicted molar refractivity (Wildman–Crippen MR) is 45.9 cm³/mol. The summed E-state index contributed by atoms with van der Waals surface area (Å²) in [6, 6.07) is 0. The first-order valence-corrected chi connectivity index (χ1v) is 3.29. The fraction of sp³-hybridized carbons (Fsp3) is 0.125. The molecule has 11 heavy (non-hydrogen) atoms. The van der Waals surface area contributed by atoms with Crippen LogP contribution >= 0.6 is 0 Å². The van der Waals surface area contributed by atoms with E-state index in [-0.39, 0.29) is 0 Å². The summed E-state index contributed by atoms with van der Waals surface area (Å²) in [5.74, 6) is 0. The maximum atomic E-state index is 4.06. The summed E-state index contributed by atoms with van der Waals surface area (Å²) in [6.45, 7) is 5.46. The van der Waals surface area contributed by atoms with Crippen molar-refractivity contribution < 1.29 is 0 Å². The number of aliphatic imine (C=N–C) groups is 1. The van der Waals surface area contributed by atoms with E-state index in [2.05, 4.69) is 21.5 Å². The average Bonchev–Trinajstić information content (AvgIpc) is 2.06. The van der Waals surface area contributed by atoms with Gasteiger partial charge in [0.25, 0.3) is 0 Å². The Hall–Kier alpha value is -1.51. The zero-order valence-electron chi connectivity index (χ0n) is 6.36. The van der Waals surface area contributed by atoms with Crippen molar-refractivity contribution >= 4 is 18.0 Å². The lowest BCUT2D eigenvalue weighted by Gasteiger charge is -1.94. The summed E-state index contributed by atoms with van der Waals surface area (Å²) >= 11 is 0. The van der Waals surface area contributed by atoms with Gasteiger partial charge in [-0.2, -0.15) is 0 Å². The van der Waals surface area contributed by atoms with E-state index >= 15 is 0 Å². The van der Waals surface area contributed by atoms with Crippen LogP contribution in [0, 0.1) is 0 Å². The van der Waals surface area contributed by atoms with Gasteiger partial charge in [-0.15, -0.1) is 0 Å².